The number of rotatable bonds is 0. The molecule has 72 valence electrons. The van der Waals surface area contributed by atoms with E-state index in [0.29, 0.717) is 25.9 Å². The van der Waals surface area contributed by atoms with Crippen LogP contribution in [0, 0.1) is 6.92 Å². The van der Waals surface area contributed by atoms with Crippen molar-refractivity contribution in [2.75, 3.05) is 0 Å². The highest BCUT2D eigenvalue weighted by Crippen LogP contribution is 2.20. The zero-order chi connectivity index (χ0) is 10.3. The fourth-order valence-corrected chi connectivity index (χ4v) is 2.32. The average molecular weight is 319 g/mol. The van der Waals surface area contributed by atoms with Gasteiger partial charge in [-0.2, -0.15) is 0 Å². The maximum atomic E-state index is 11.5. The number of halogens is 2. The van der Waals surface area contributed by atoms with Gasteiger partial charge in [-0.25, -0.2) is 9.97 Å². The Labute approximate surface area is 96.0 Å². The number of H-pyrrole nitrogens is 1. The first-order chi connectivity index (χ1) is 6.58. The van der Waals surface area contributed by atoms with Crippen LogP contribution in [0.3, 0.4) is 0 Å². The predicted molar refractivity (Wildman–Crippen MR) is 60.3 cm³/mol. The van der Waals surface area contributed by atoms with Crippen LogP contribution < -0.4 is 5.56 Å². The third-order valence-electron chi connectivity index (χ3n) is 1.74. The highest BCUT2D eigenvalue weighted by molar-refractivity contribution is 9.11. The molecule has 1 N–H and O–H groups in total. The lowest BCUT2D eigenvalue weighted by Crippen LogP contribution is -2.10. The summed E-state index contributed by atoms with van der Waals surface area (Å²) in [6.45, 7) is 1.73. The van der Waals surface area contributed by atoms with Crippen LogP contribution in [0.25, 0.3) is 10.9 Å². The molecule has 2 aromatic rings. The Kier molecular flexibility index (Phi) is 2.40. The molecule has 0 radical (unpaired) electrons. The van der Waals surface area contributed by atoms with E-state index in [1.54, 1.807) is 13.0 Å². The summed E-state index contributed by atoms with van der Waals surface area (Å²) in [6.07, 6.45) is 0. The van der Waals surface area contributed by atoms with Crippen molar-refractivity contribution in [3.63, 3.8) is 0 Å². The molecule has 0 atom stereocenters. The fourth-order valence-electron chi connectivity index (χ4n) is 1.18. The van der Waals surface area contributed by atoms with Gasteiger partial charge in [0, 0.05) is 0 Å². The van der Waals surface area contributed by atoms with Crippen molar-refractivity contribution in [2.24, 2.45) is 0 Å². The first-order valence-electron chi connectivity index (χ1n) is 3.80. The van der Waals surface area contributed by atoms with Gasteiger partial charge in [-0.1, -0.05) is 0 Å². The first-order valence-corrected chi connectivity index (χ1v) is 5.39. The second-order valence-electron chi connectivity index (χ2n) is 2.78. The van der Waals surface area contributed by atoms with E-state index in [9.17, 15) is 4.79 Å². The highest BCUT2D eigenvalue weighted by atomic mass is 79.9. The number of aromatic nitrogens is 3. The predicted octanol–water partition coefficient (Wildman–Crippen LogP) is 2.15. The van der Waals surface area contributed by atoms with E-state index in [2.05, 4.69) is 46.8 Å². The van der Waals surface area contributed by atoms with Crippen molar-refractivity contribution < 1.29 is 0 Å². The zero-order valence-corrected chi connectivity index (χ0v) is 10.3. The number of aryl methyl sites for hydroxylation is 1. The van der Waals surface area contributed by atoms with Gasteiger partial charge in [-0.15, -0.1) is 0 Å². The summed E-state index contributed by atoms with van der Waals surface area (Å²) < 4.78 is 1.17. The van der Waals surface area contributed by atoms with Gasteiger partial charge < -0.3 is 4.98 Å². The Morgan fingerprint density at radius 1 is 1.36 bits per heavy atom. The number of nitrogens with zero attached hydrogens (tertiary/aromatic N) is 2. The summed E-state index contributed by atoms with van der Waals surface area (Å²) in [5.41, 5.74) is 0.422. The second kappa shape index (κ2) is 3.43. The van der Waals surface area contributed by atoms with Crippen LogP contribution in [0.1, 0.15) is 5.82 Å². The van der Waals surface area contributed by atoms with E-state index in [-0.39, 0.29) is 5.56 Å². The second-order valence-corrected chi connectivity index (χ2v) is 4.35. The quantitative estimate of drug-likeness (QED) is 0.757. The third kappa shape index (κ3) is 1.59. The third-order valence-corrected chi connectivity index (χ3v) is 2.70. The van der Waals surface area contributed by atoms with Crippen LogP contribution in [0.2, 0.25) is 0 Å². The SMILES string of the molecule is Cc1nc2c(Br)nc(Br)cc2c(=O)[nH]1. The summed E-state index contributed by atoms with van der Waals surface area (Å²) >= 11 is 6.47. The van der Waals surface area contributed by atoms with Crippen molar-refractivity contribution in [1.29, 1.82) is 0 Å². The molecule has 0 aromatic carbocycles. The number of nitrogens with one attached hydrogen (secondary N) is 1. The van der Waals surface area contributed by atoms with Gasteiger partial charge in [-0.05, 0) is 44.8 Å². The van der Waals surface area contributed by atoms with Crippen molar-refractivity contribution in [3.05, 3.63) is 31.5 Å². The summed E-state index contributed by atoms with van der Waals surface area (Å²) in [4.78, 5) is 22.5. The number of pyridine rings is 1. The van der Waals surface area contributed by atoms with Gasteiger partial charge in [0.15, 0.2) is 0 Å². The summed E-state index contributed by atoms with van der Waals surface area (Å²) in [7, 11) is 0. The molecule has 0 saturated carbocycles. The molecule has 0 aliphatic rings. The first kappa shape index (κ1) is 9.79. The largest absolute Gasteiger partial charge is 0.310 e. The molecular weight excluding hydrogens is 314 g/mol. The minimum absolute atomic E-state index is 0.156. The van der Waals surface area contributed by atoms with Crippen molar-refractivity contribution in [1.82, 2.24) is 15.0 Å². The maximum Gasteiger partial charge on any atom is 0.258 e. The van der Waals surface area contributed by atoms with Crippen LogP contribution in [-0.2, 0) is 0 Å². The van der Waals surface area contributed by atoms with Gasteiger partial charge in [0.25, 0.3) is 5.56 Å². The Bertz CT molecular complexity index is 564. The average Bonchev–Trinajstić information content (AvgIpc) is 2.07. The number of hydrogen-bond donors (Lipinski definition) is 1. The Morgan fingerprint density at radius 3 is 2.79 bits per heavy atom. The monoisotopic (exact) mass is 317 g/mol. The highest BCUT2D eigenvalue weighted by Gasteiger charge is 2.07. The van der Waals surface area contributed by atoms with Gasteiger partial charge in [-0.3, -0.25) is 4.79 Å². The normalized spacial score (nSPS) is 10.8. The lowest BCUT2D eigenvalue weighted by Gasteiger charge is -2.00. The number of fused-ring (bicyclic) bond motifs is 1. The van der Waals surface area contributed by atoms with E-state index in [4.69, 9.17) is 0 Å². The van der Waals surface area contributed by atoms with E-state index >= 15 is 0 Å². The molecule has 0 aliphatic carbocycles. The molecule has 0 aliphatic heterocycles. The molecule has 2 heterocycles. The maximum absolute atomic E-state index is 11.5. The van der Waals surface area contributed by atoms with Crippen LogP contribution in [0.5, 0.6) is 0 Å². The lowest BCUT2D eigenvalue weighted by molar-refractivity contribution is 1.05. The molecule has 0 spiro atoms. The Balaban J connectivity index is 3.02. The number of aromatic amines is 1. The molecule has 14 heavy (non-hydrogen) atoms. The molecular formula is C8H5Br2N3O. The van der Waals surface area contributed by atoms with Gasteiger partial charge in [0.05, 0.1) is 5.39 Å². The molecule has 0 fully saturated rings. The molecule has 4 nitrogen and oxygen atoms in total. The van der Waals surface area contributed by atoms with Gasteiger partial charge in [0.2, 0.25) is 0 Å². The molecule has 6 heteroatoms. The fraction of sp³-hybridized carbons (Fsp3) is 0.125. The van der Waals surface area contributed by atoms with E-state index in [1.165, 1.54) is 0 Å². The van der Waals surface area contributed by atoms with E-state index in [0.717, 1.165) is 0 Å². The van der Waals surface area contributed by atoms with Crippen LogP contribution in [-0.4, -0.2) is 15.0 Å². The summed E-state index contributed by atoms with van der Waals surface area (Å²) in [6, 6.07) is 1.64. The molecule has 0 saturated heterocycles. The lowest BCUT2D eigenvalue weighted by atomic mass is 10.3. The van der Waals surface area contributed by atoms with Gasteiger partial charge >= 0.3 is 0 Å². The smallest absolute Gasteiger partial charge is 0.258 e. The standard InChI is InChI=1S/C8H5Br2N3O/c1-3-11-6-4(8(14)12-3)2-5(9)13-7(6)10/h2H,1H3,(H,11,12,14). The minimum atomic E-state index is -0.156. The molecule has 0 unspecified atom stereocenters. The Hall–Kier alpha value is -0.750. The van der Waals surface area contributed by atoms with E-state index < -0.39 is 0 Å². The zero-order valence-electron chi connectivity index (χ0n) is 7.14. The number of hydrogen-bond acceptors (Lipinski definition) is 3. The van der Waals surface area contributed by atoms with Crippen molar-refractivity contribution in [2.45, 2.75) is 6.92 Å². The molecule has 2 aromatic heterocycles. The summed E-state index contributed by atoms with van der Waals surface area (Å²) in [5, 5.41) is 0.518. The van der Waals surface area contributed by atoms with Crippen molar-refractivity contribution >= 4 is 42.8 Å². The molecule has 2 rings (SSSR count). The molecule has 0 amide bonds. The van der Waals surface area contributed by atoms with E-state index in [1.807, 2.05) is 0 Å². The summed E-state index contributed by atoms with van der Waals surface area (Å²) in [5.74, 6) is 0.576. The van der Waals surface area contributed by atoms with Gasteiger partial charge in [0.1, 0.15) is 20.5 Å². The Morgan fingerprint density at radius 2 is 2.07 bits per heavy atom. The minimum Gasteiger partial charge on any atom is -0.310 e. The van der Waals surface area contributed by atoms with Crippen molar-refractivity contribution in [3.8, 4) is 0 Å². The van der Waals surface area contributed by atoms with Crippen LogP contribution >= 0.6 is 31.9 Å². The molecule has 0 bridgehead atoms. The topological polar surface area (TPSA) is 58.6 Å². The van der Waals surface area contributed by atoms with Crippen LogP contribution in [0.4, 0.5) is 0 Å². The van der Waals surface area contributed by atoms with Crippen LogP contribution in [0.15, 0.2) is 20.1 Å².